The van der Waals surface area contributed by atoms with Crippen LogP contribution < -0.4 is 4.90 Å². The minimum Gasteiger partial charge on any atom is -0.274 e. The Balaban J connectivity index is 1.77. The Labute approximate surface area is 227 Å². The van der Waals surface area contributed by atoms with Gasteiger partial charge in [-0.15, -0.1) is 0 Å². The summed E-state index contributed by atoms with van der Waals surface area (Å²) in [6, 6.07) is 8.04. The Bertz CT molecular complexity index is 1310. The molecule has 2 aromatic rings. The average Bonchev–Trinajstić information content (AvgIpc) is 3.12. The van der Waals surface area contributed by atoms with E-state index in [2.05, 4.69) is 28.7 Å². The molecule has 192 valence electrons. The molecule has 0 bridgehead atoms. The van der Waals surface area contributed by atoms with E-state index in [0.717, 1.165) is 45.3 Å². The molecule has 0 radical (unpaired) electrons. The number of halogens is 1. The molecule has 0 N–H and O–H groups in total. The Kier molecular flexibility index (Phi) is 8.07. The summed E-state index contributed by atoms with van der Waals surface area (Å²) in [6.07, 6.45) is 6.78. The number of nitrogens with zero attached hydrogens (tertiary/aromatic N) is 2. The van der Waals surface area contributed by atoms with Crippen molar-refractivity contribution in [3.8, 4) is 0 Å². The van der Waals surface area contributed by atoms with E-state index in [4.69, 9.17) is 0 Å². The molecule has 1 heterocycles. The third kappa shape index (κ3) is 5.17. The second-order valence-electron chi connectivity index (χ2n) is 9.83. The van der Waals surface area contributed by atoms with Crippen LogP contribution in [0.2, 0.25) is 0 Å². The van der Waals surface area contributed by atoms with Crippen molar-refractivity contribution in [3.05, 3.63) is 67.8 Å². The van der Waals surface area contributed by atoms with E-state index < -0.39 is 22.0 Å². The van der Waals surface area contributed by atoms with Crippen LogP contribution in [0.3, 0.4) is 0 Å². The molecule has 0 aromatic heterocycles. The zero-order valence-corrected chi connectivity index (χ0v) is 24.3. The maximum Gasteiger partial charge on any atom is 0.252 e. The molecular formula is C28H33IN2O4S. The normalized spacial score (nSPS) is 18.8. The zero-order chi connectivity index (χ0) is 26.2. The molecule has 1 aliphatic heterocycles. The lowest BCUT2D eigenvalue weighted by atomic mass is 9.97. The van der Waals surface area contributed by atoms with Gasteiger partial charge in [-0.05, 0) is 129 Å². The Hall–Kier alpha value is -2.04. The highest BCUT2D eigenvalue weighted by Gasteiger charge is 2.47. The van der Waals surface area contributed by atoms with Gasteiger partial charge < -0.3 is 0 Å². The van der Waals surface area contributed by atoms with Gasteiger partial charge in [0.2, 0.25) is 15.9 Å². The van der Waals surface area contributed by atoms with Crippen molar-refractivity contribution in [2.24, 2.45) is 0 Å². The average molecular weight is 621 g/mol. The Morgan fingerprint density at radius 2 is 1.64 bits per heavy atom. The number of anilines is 1. The monoisotopic (exact) mass is 620 g/mol. The van der Waals surface area contributed by atoms with Gasteiger partial charge >= 0.3 is 0 Å². The number of imide groups is 1. The van der Waals surface area contributed by atoms with Crippen LogP contribution in [0.5, 0.6) is 0 Å². The van der Waals surface area contributed by atoms with Crippen LogP contribution in [0.1, 0.15) is 60.8 Å². The van der Waals surface area contributed by atoms with E-state index in [1.807, 2.05) is 45.9 Å². The van der Waals surface area contributed by atoms with E-state index >= 15 is 0 Å². The van der Waals surface area contributed by atoms with Crippen LogP contribution >= 0.6 is 22.6 Å². The number of carbonyl (C=O) groups is 2. The molecule has 0 spiro atoms. The van der Waals surface area contributed by atoms with E-state index in [-0.39, 0.29) is 23.8 Å². The van der Waals surface area contributed by atoms with Crippen LogP contribution in [0.25, 0.3) is 0 Å². The number of amides is 2. The highest BCUT2D eigenvalue weighted by Crippen LogP contribution is 2.34. The third-order valence-electron chi connectivity index (χ3n) is 7.46. The Morgan fingerprint density at radius 3 is 2.22 bits per heavy atom. The fourth-order valence-electron chi connectivity index (χ4n) is 5.22. The zero-order valence-electron chi connectivity index (χ0n) is 21.3. The first-order valence-electron chi connectivity index (χ1n) is 12.4. The van der Waals surface area contributed by atoms with Crippen LogP contribution in [0.4, 0.5) is 5.69 Å². The van der Waals surface area contributed by atoms with Crippen molar-refractivity contribution in [1.82, 2.24) is 4.31 Å². The summed E-state index contributed by atoms with van der Waals surface area (Å²) in [5.74, 6) is -0.862. The lowest BCUT2D eigenvalue weighted by Crippen LogP contribution is -2.46. The predicted molar refractivity (Wildman–Crippen MR) is 151 cm³/mol. The molecule has 36 heavy (non-hydrogen) atoms. The van der Waals surface area contributed by atoms with Gasteiger partial charge in [-0.3, -0.25) is 9.59 Å². The topological polar surface area (TPSA) is 74.8 Å². The van der Waals surface area contributed by atoms with Crippen molar-refractivity contribution >= 4 is 50.1 Å². The quantitative estimate of drug-likeness (QED) is 0.225. The van der Waals surface area contributed by atoms with Crippen LogP contribution in [0, 0.1) is 31.3 Å². The molecule has 1 saturated heterocycles. The van der Waals surface area contributed by atoms with Crippen molar-refractivity contribution in [2.75, 3.05) is 11.4 Å². The van der Waals surface area contributed by atoms with E-state index in [1.165, 1.54) is 9.88 Å². The van der Waals surface area contributed by atoms with Crippen molar-refractivity contribution < 1.29 is 18.0 Å². The molecule has 1 unspecified atom stereocenters. The minimum absolute atomic E-state index is 0.161. The fourth-order valence-corrected chi connectivity index (χ4v) is 7.74. The standard InChI is InChI=1S/C28H33IN2O4S/c1-18-16-19(2)21(4)27(20(18)3)36(34,35)30(15-14-22-8-6-5-7-9-22)25-17-26(32)31(28(25)33)24-12-10-23(29)11-13-24/h8,10-13,16,25H,5-7,9,14-15,17H2,1-4H3. The first kappa shape index (κ1) is 27.0. The van der Waals surface area contributed by atoms with E-state index in [9.17, 15) is 18.0 Å². The molecule has 2 aromatic carbocycles. The number of benzene rings is 2. The van der Waals surface area contributed by atoms with Gasteiger partial charge in [-0.25, -0.2) is 13.3 Å². The van der Waals surface area contributed by atoms with Gasteiger partial charge in [0.15, 0.2) is 0 Å². The summed E-state index contributed by atoms with van der Waals surface area (Å²) >= 11 is 2.16. The van der Waals surface area contributed by atoms with Crippen LogP contribution in [0.15, 0.2) is 46.9 Å². The molecule has 0 saturated carbocycles. The summed E-state index contributed by atoms with van der Waals surface area (Å²) in [5, 5.41) is 0. The lowest BCUT2D eigenvalue weighted by Gasteiger charge is -2.29. The fraction of sp³-hybridized carbons (Fsp3) is 0.429. The molecule has 8 heteroatoms. The summed E-state index contributed by atoms with van der Waals surface area (Å²) in [6.45, 7) is 7.61. The predicted octanol–water partition coefficient (Wildman–Crippen LogP) is 5.74. The minimum atomic E-state index is -4.06. The SMILES string of the molecule is Cc1cc(C)c(C)c(S(=O)(=O)N(CCC2=CCCCC2)C2CC(=O)N(c3ccc(I)cc3)C2=O)c1C. The van der Waals surface area contributed by atoms with Crippen LogP contribution in [-0.2, 0) is 19.6 Å². The summed E-state index contributed by atoms with van der Waals surface area (Å²) < 4.78 is 30.9. The maximum absolute atomic E-state index is 14.3. The largest absolute Gasteiger partial charge is 0.274 e. The van der Waals surface area contributed by atoms with Gasteiger partial charge in [0.1, 0.15) is 6.04 Å². The second-order valence-corrected chi connectivity index (χ2v) is 12.9. The summed E-state index contributed by atoms with van der Waals surface area (Å²) in [7, 11) is -4.06. The van der Waals surface area contributed by atoms with Gasteiger partial charge in [-0.1, -0.05) is 17.7 Å². The van der Waals surface area contributed by atoms with Gasteiger partial charge in [-0.2, -0.15) is 4.31 Å². The number of carbonyl (C=O) groups excluding carboxylic acids is 2. The van der Waals surface area contributed by atoms with Gasteiger partial charge in [0.05, 0.1) is 17.0 Å². The van der Waals surface area contributed by atoms with Crippen molar-refractivity contribution in [3.63, 3.8) is 0 Å². The molecule has 4 rings (SSSR count). The summed E-state index contributed by atoms with van der Waals surface area (Å²) in [4.78, 5) is 28.1. The lowest BCUT2D eigenvalue weighted by molar-refractivity contribution is -0.122. The third-order valence-corrected chi connectivity index (χ3v) is 10.4. The second kappa shape index (κ2) is 10.8. The number of sulfonamides is 1. The smallest absolute Gasteiger partial charge is 0.252 e. The first-order chi connectivity index (χ1) is 17.0. The van der Waals surface area contributed by atoms with E-state index in [1.54, 1.807) is 12.1 Å². The molecule has 1 fully saturated rings. The van der Waals surface area contributed by atoms with Crippen LogP contribution in [-0.4, -0.2) is 37.1 Å². The molecule has 1 atom stereocenters. The van der Waals surface area contributed by atoms with Gasteiger partial charge in [0, 0.05) is 10.1 Å². The maximum atomic E-state index is 14.3. The van der Waals surface area contributed by atoms with Crippen molar-refractivity contribution in [1.29, 1.82) is 0 Å². The molecular weight excluding hydrogens is 587 g/mol. The molecule has 1 aliphatic carbocycles. The van der Waals surface area contributed by atoms with Gasteiger partial charge in [0.25, 0.3) is 5.91 Å². The van der Waals surface area contributed by atoms with Crippen molar-refractivity contribution in [2.45, 2.75) is 77.2 Å². The number of hydrogen-bond donors (Lipinski definition) is 0. The number of hydrogen-bond acceptors (Lipinski definition) is 4. The number of aryl methyl sites for hydroxylation is 2. The first-order valence-corrected chi connectivity index (χ1v) is 14.9. The summed E-state index contributed by atoms with van der Waals surface area (Å²) in [5.41, 5.74) is 4.85. The Morgan fingerprint density at radius 1 is 1.00 bits per heavy atom. The number of allylic oxidation sites excluding steroid dienone is 1. The molecule has 6 nitrogen and oxygen atoms in total. The molecule has 2 amide bonds. The van der Waals surface area contributed by atoms with E-state index in [0.29, 0.717) is 23.2 Å². The highest BCUT2D eigenvalue weighted by molar-refractivity contribution is 14.1. The number of rotatable bonds is 7. The molecule has 2 aliphatic rings. The highest BCUT2D eigenvalue weighted by atomic mass is 127.